The van der Waals surface area contributed by atoms with Crippen LogP contribution in [-0.4, -0.2) is 70.1 Å². The Morgan fingerprint density at radius 1 is 0.804 bits per heavy atom. The normalized spacial score (nSPS) is 14.4. The van der Waals surface area contributed by atoms with Gasteiger partial charge in [-0.25, -0.2) is 9.59 Å². The third-order valence-corrected chi connectivity index (χ3v) is 11.6. The van der Waals surface area contributed by atoms with Crippen molar-refractivity contribution in [3.05, 3.63) is 81.9 Å². The van der Waals surface area contributed by atoms with Crippen LogP contribution < -0.4 is 9.47 Å². The molecule has 274 valence electrons. The fourth-order valence-corrected chi connectivity index (χ4v) is 8.74. The summed E-state index contributed by atoms with van der Waals surface area (Å²) in [5, 5.41) is 1.91. The first-order chi connectivity index (χ1) is 24.3. The summed E-state index contributed by atoms with van der Waals surface area (Å²) in [6, 6.07) is 11.8. The Balaban J connectivity index is 1.61. The van der Waals surface area contributed by atoms with Gasteiger partial charge in [0.05, 0.1) is 36.4 Å². The Morgan fingerprint density at radius 3 is 2.04 bits per heavy atom. The largest absolute Gasteiger partial charge is 0.466 e. The average molecular weight is 778 g/mol. The van der Waals surface area contributed by atoms with Gasteiger partial charge in [-0.15, -0.1) is 0 Å². The number of unbranched alkanes of at least 4 members (excludes halogenated alkanes) is 4. The maximum atomic E-state index is 11.6. The number of anilines is 1. The van der Waals surface area contributed by atoms with Gasteiger partial charge in [-0.2, -0.15) is 21.4 Å². The van der Waals surface area contributed by atoms with E-state index in [1.165, 1.54) is 26.4 Å². The first-order valence-electron chi connectivity index (χ1n) is 16.1. The van der Waals surface area contributed by atoms with Crippen molar-refractivity contribution in [2.45, 2.75) is 50.0 Å². The highest BCUT2D eigenvalue weighted by Crippen LogP contribution is 2.46. The van der Waals surface area contributed by atoms with Crippen LogP contribution in [0.1, 0.15) is 54.7 Å². The molecule has 0 saturated carbocycles. The average Bonchev–Trinajstić information content (AvgIpc) is 3.60. The van der Waals surface area contributed by atoms with Crippen molar-refractivity contribution < 1.29 is 49.6 Å². The first-order valence-corrected chi connectivity index (χ1v) is 21.0. The lowest BCUT2D eigenvalue weighted by Gasteiger charge is -2.20. The van der Waals surface area contributed by atoms with Crippen molar-refractivity contribution in [1.82, 2.24) is 0 Å². The minimum absolute atomic E-state index is 0.279. The molecule has 3 aromatic rings. The molecule has 0 unspecified atom stereocenters. The molecule has 1 aromatic heterocycles. The van der Waals surface area contributed by atoms with Gasteiger partial charge in [0.15, 0.2) is 6.54 Å². The van der Waals surface area contributed by atoms with Crippen molar-refractivity contribution in [3.63, 3.8) is 0 Å². The van der Waals surface area contributed by atoms with E-state index < -0.39 is 32.2 Å². The quantitative estimate of drug-likeness (QED) is 0.0498. The number of carbonyl (C=O) groups is 2. The molecule has 0 radical (unpaired) electrons. The number of fused-ring (bicyclic) bond motifs is 2. The fraction of sp³-hybridized carbons (Fsp3) is 0.343. The Bertz CT molecular complexity index is 2070. The number of hydrogen-bond acceptors (Lipinski definition) is 11. The van der Waals surface area contributed by atoms with Gasteiger partial charge in [0.2, 0.25) is 5.52 Å². The zero-order valence-electron chi connectivity index (χ0n) is 28.3. The van der Waals surface area contributed by atoms with Crippen molar-refractivity contribution in [3.8, 4) is 0 Å². The van der Waals surface area contributed by atoms with E-state index in [1.54, 1.807) is 35.3 Å². The summed E-state index contributed by atoms with van der Waals surface area (Å²) in [6.45, 7) is 1.24. The molecule has 4 rings (SSSR count). The molecule has 12 nitrogen and oxygen atoms in total. The van der Waals surface area contributed by atoms with Crippen LogP contribution in [0, 0.1) is 0 Å². The lowest BCUT2D eigenvalue weighted by atomic mass is 10.1. The molecular formula is C35H41N2O10S4+. The van der Waals surface area contributed by atoms with Gasteiger partial charge in [-0.05, 0) is 79.3 Å². The number of carbonyl (C=O) groups excluding carboxylic acids is 2. The summed E-state index contributed by atoms with van der Waals surface area (Å²) < 4.78 is 75.5. The van der Waals surface area contributed by atoms with Gasteiger partial charge < -0.3 is 14.4 Å². The van der Waals surface area contributed by atoms with Crippen LogP contribution >= 0.6 is 23.1 Å². The van der Waals surface area contributed by atoms with Crippen LogP contribution in [0.2, 0.25) is 0 Å². The van der Waals surface area contributed by atoms with Gasteiger partial charge in [-0.1, -0.05) is 41.7 Å². The number of thiazole rings is 1. The van der Waals surface area contributed by atoms with E-state index >= 15 is 0 Å². The van der Waals surface area contributed by atoms with Crippen LogP contribution in [-0.2, 0) is 45.8 Å². The zero-order chi connectivity index (χ0) is 37.0. The van der Waals surface area contributed by atoms with Gasteiger partial charge in [0, 0.05) is 42.2 Å². The molecule has 0 atom stereocenters. The van der Waals surface area contributed by atoms with Gasteiger partial charge in [0.1, 0.15) is 4.70 Å². The third-order valence-electron chi connectivity index (χ3n) is 7.78. The summed E-state index contributed by atoms with van der Waals surface area (Å²) in [5.74, 6) is -1.46. The number of nitrogens with zero attached hydrogens (tertiary/aromatic N) is 2. The highest BCUT2D eigenvalue weighted by atomic mass is 32.2. The molecule has 2 aromatic carbocycles. The summed E-state index contributed by atoms with van der Waals surface area (Å²) in [5.41, 5.74) is 3.64. The summed E-state index contributed by atoms with van der Waals surface area (Å²) >= 11 is 3.15. The number of methoxy groups -OCH3 is 2. The second-order valence-corrected chi connectivity index (χ2v) is 16.8. The Labute approximate surface area is 306 Å². The molecule has 1 aliphatic heterocycles. The SMILES string of the molecule is COC(=O)/C=C/c1ccc2c(c1)S/C(=C/C=C/c1sc3cc(/C=C/C(=O)OC)ccc3[n+]1CCCCCS(=O)(=O)O)N2CCCCCS(=O)(=O)O. The predicted molar refractivity (Wildman–Crippen MR) is 201 cm³/mol. The third kappa shape index (κ3) is 12.7. The van der Waals surface area contributed by atoms with Crippen LogP contribution in [0.15, 0.2) is 70.6 Å². The predicted octanol–water partition coefficient (Wildman–Crippen LogP) is 6.14. The van der Waals surface area contributed by atoms with Crippen molar-refractivity contribution in [1.29, 1.82) is 0 Å². The molecule has 2 N–H and O–H groups in total. The van der Waals surface area contributed by atoms with E-state index in [0.717, 1.165) is 42.0 Å². The number of hydrogen-bond donors (Lipinski definition) is 2. The number of ether oxygens (including phenoxy) is 2. The highest BCUT2D eigenvalue weighted by Gasteiger charge is 2.25. The van der Waals surface area contributed by atoms with E-state index in [4.69, 9.17) is 18.6 Å². The number of allylic oxidation sites excluding steroid dienone is 2. The summed E-state index contributed by atoms with van der Waals surface area (Å²) in [6.07, 6.45) is 15.4. The summed E-state index contributed by atoms with van der Waals surface area (Å²) in [4.78, 5) is 26.4. The molecule has 0 bridgehead atoms. The van der Waals surface area contributed by atoms with Gasteiger partial charge in [0.25, 0.3) is 25.2 Å². The molecule has 0 amide bonds. The molecule has 51 heavy (non-hydrogen) atoms. The van der Waals surface area contributed by atoms with E-state index in [2.05, 4.69) is 9.47 Å². The Kier molecular flexibility index (Phi) is 14.6. The number of aryl methyl sites for hydroxylation is 1. The van der Waals surface area contributed by atoms with Crippen molar-refractivity contribution in [2.24, 2.45) is 0 Å². The standard InChI is InChI=1S/C35H40N2O10S4/c1-46-34(38)18-14-26-12-16-28-30(24-26)48-32(36(28)20-5-3-7-22-50(40,41)42)10-9-11-33-37(21-6-4-8-23-51(43,44)45)29-17-13-27(25-31(29)49-33)15-19-35(39)47-2/h9-19,24-25H,3-8,20-23H2,1-2H3,(H-,40,41,42,43,44,45)/p+1/b18-14+,19-15+. The minimum Gasteiger partial charge on any atom is -0.466 e. The van der Waals surface area contributed by atoms with Crippen molar-refractivity contribution >= 4 is 89.4 Å². The van der Waals surface area contributed by atoms with Gasteiger partial charge >= 0.3 is 11.9 Å². The lowest BCUT2D eigenvalue weighted by molar-refractivity contribution is -0.669. The lowest BCUT2D eigenvalue weighted by Crippen LogP contribution is -2.35. The first kappa shape index (κ1) is 40.0. The number of thioether (sulfide) groups is 1. The zero-order valence-corrected chi connectivity index (χ0v) is 31.5. The maximum absolute atomic E-state index is 11.6. The number of rotatable bonds is 18. The monoisotopic (exact) mass is 777 g/mol. The second-order valence-electron chi connectivity index (χ2n) is 11.6. The van der Waals surface area contributed by atoms with E-state index in [9.17, 15) is 26.4 Å². The smallest absolute Gasteiger partial charge is 0.330 e. The molecule has 0 spiro atoms. The molecule has 16 heteroatoms. The van der Waals surface area contributed by atoms with E-state index in [-0.39, 0.29) is 11.5 Å². The second kappa shape index (κ2) is 18.6. The molecule has 0 fully saturated rings. The van der Waals surface area contributed by atoms with Crippen LogP contribution in [0.4, 0.5) is 5.69 Å². The number of benzene rings is 2. The number of esters is 2. The van der Waals surface area contributed by atoms with Crippen molar-refractivity contribution in [2.75, 3.05) is 37.2 Å². The maximum Gasteiger partial charge on any atom is 0.330 e. The van der Waals surface area contributed by atoms with E-state index in [1.807, 2.05) is 54.6 Å². The molecule has 1 aliphatic rings. The topological polar surface area (TPSA) is 168 Å². The fourth-order valence-electron chi connectivity index (χ4n) is 5.30. The minimum atomic E-state index is -4.01. The molecular weight excluding hydrogens is 737 g/mol. The molecule has 2 heterocycles. The Morgan fingerprint density at radius 2 is 1.41 bits per heavy atom. The van der Waals surface area contributed by atoms with E-state index in [0.29, 0.717) is 51.6 Å². The number of aromatic nitrogens is 1. The van der Waals surface area contributed by atoms with Crippen LogP contribution in [0.25, 0.3) is 28.4 Å². The van der Waals surface area contributed by atoms with Gasteiger partial charge in [-0.3, -0.25) is 9.11 Å². The van der Waals surface area contributed by atoms with Crippen LogP contribution in [0.3, 0.4) is 0 Å². The summed E-state index contributed by atoms with van der Waals surface area (Å²) in [7, 11) is -5.39. The highest BCUT2D eigenvalue weighted by molar-refractivity contribution is 8.03. The Hall–Kier alpha value is -3.80. The van der Waals surface area contributed by atoms with Crippen LogP contribution in [0.5, 0.6) is 0 Å². The molecule has 0 aliphatic carbocycles. The molecule has 0 saturated heterocycles.